The Morgan fingerprint density at radius 1 is 1.50 bits per heavy atom. The number of thiazole rings is 1. The number of hydrogen-bond donors (Lipinski definition) is 1. The van der Waals surface area contributed by atoms with Gasteiger partial charge in [0.2, 0.25) is 0 Å². The second-order valence-corrected chi connectivity index (χ2v) is 4.36. The lowest BCUT2D eigenvalue weighted by Crippen LogP contribution is -2.21. The van der Waals surface area contributed by atoms with Crippen LogP contribution in [0.4, 0.5) is 0 Å². The number of carbonyl (C=O) groups is 2. The van der Waals surface area contributed by atoms with Crippen LogP contribution in [0.2, 0.25) is 0 Å². The molecule has 0 radical (unpaired) electrons. The molecule has 1 N–H and O–H groups in total. The lowest BCUT2D eigenvalue weighted by Gasteiger charge is -2.22. The van der Waals surface area contributed by atoms with Gasteiger partial charge in [-0.2, -0.15) is 0 Å². The summed E-state index contributed by atoms with van der Waals surface area (Å²) in [6.07, 6.45) is 4.17. The third-order valence-corrected chi connectivity index (χ3v) is 3.40. The van der Waals surface area contributed by atoms with Gasteiger partial charge in [-0.15, -0.1) is 11.3 Å². The summed E-state index contributed by atoms with van der Waals surface area (Å²) < 4.78 is 0. The highest BCUT2D eigenvalue weighted by Gasteiger charge is 2.28. The molecule has 1 saturated carbocycles. The van der Waals surface area contributed by atoms with Crippen molar-refractivity contribution in [3.63, 3.8) is 0 Å². The van der Waals surface area contributed by atoms with E-state index in [1.807, 2.05) is 0 Å². The minimum atomic E-state index is -1.02. The fourth-order valence-electron chi connectivity index (χ4n) is 1.33. The number of aromatic nitrogens is 1. The Labute approximate surface area is 84.6 Å². The Morgan fingerprint density at radius 3 is 2.64 bits per heavy atom. The molecule has 1 fully saturated rings. The third-order valence-electron chi connectivity index (χ3n) is 2.40. The van der Waals surface area contributed by atoms with Crippen LogP contribution >= 0.6 is 11.3 Å². The van der Waals surface area contributed by atoms with E-state index in [2.05, 4.69) is 4.98 Å². The molecule has 74 valence electrons. The SMILES string of the molecule is O=C(O)c1cnc(C(=O)C2CCC2)s1. The quantitative estimate of drug-likeness (QED) is 0.774. The average molecular weight is 211 g/mol. The molecule has 1 aromatic rings. The summed E-state index contributed by atoms with van der Waals surface area (Å²) in [4.78, 5) is 26.1. The fourth-order valence-corrected chi connectivity index (χ4v) is 2.11. The first-order chi connectivity index (χ1) is 6.68. The number of carbonyl (C=O) groups excluding carboxylic acids is 1. The summed E-state index contributed by atoms with van der Waals surface area (Å²) in [6, 6.07) is 0. The Balaban J connectivity index is 2.15. The fraction of sp³-hybridized carbons (Fsp3) is 0.444. The predicted octanol–water partition coefficient (Wildman–Crippen LogP) is 1.82. The van der Waals surface area contributed by atoms with E-state index in [4.69, 9.17) is 5.11 Å². The molecule has 1 aliphatic carbocycles. The molecule has 2 rings (SSSR count). The smallest absolute Gasteiger partial charge is 0.347 e. The standard InChI is InChI=1S/C9H9NO3S/c11-7(5-2-1-3-5)8-10-4-6(14-8)9(12)13/h4-5H,1-3H2,(H,12,13). The first-order valence-electron chi connectivity index (χ1n) is 4.42. The number of aromatic carboxylic acids is 1. The van der Waals surface area contributed by atoms with Crippen molar-refractivity contribution in [2.75, 3.05) is 0 Å². The van der Waals surface area contributed by atoms with Gasteiger partial charge in [-0.05, 0) is 12.8 Å². The summed E-state index contributed by atoms with van der Waals surface area (Å²) in [5, 5.41) is 8.99. The highest BCUT2D eigenvalue weighted by atomic mass is 32.1. The average Bonchev–Trinajstić information content (AvgIpc) is 2.48. The molecule has 4 nitrogen and oxygen atoms in total. The maximum atomic E-state index is 11.6. The first-order valence-corrected chi connectivity index (χ1v) is 5.23. The van der Waals surface area contributed by atoms with Gasteiger partial charge in [-0.1, -0.05) is 6.42 Å². The van der Waals surface area contributed by atoms with E-state index in [1.165, 1.54) is 6.20 Å². The second kappa shape index (κ2) is 3.49. The zero-order valence-electron chi connectivity index (χ0n) is 7.40. The summed E-state index contributed by atoms with van der Waals surface area (Å²) in [7, 11) is 0. The second-order valence-electron chi connectivity index (χ2n) is 3.33. The highest BCUT2D eigenvalue weighted by molar-refractivity contribution is 7.15. The summed E-state index contributed by atoms with van der Waals surface area (Å²) in [5.41, 5.74) is 0. The molecule has 0 bridgehead atoms. The van der Waals surface area contributed by atoms with Crippen molar-refractivity contribution < 1.29 is 14.7 Å². The number of ketones is 1. The molecular weight excluding hydrogens is 202 g/mol. The van der Waals surface area contributed by atoms with Crippen molar-refractivity contribution >= 4 is 23.1 Å². The van der Waals surface area contributed by atoms with Crippen LogP contribution in [-0.2, 0) is 0 Å². The Morgan fingerprint density at radius 2 is 2.21 bits per heavy atom. The van der Waals surface area contributed by atoms with Crippen molar-refractivity contribution in [3.05, 3.63) is 16.1 Å². The molecule has 5 heteroatoms. The van der Waals surface area contributed by atoms with Crippen molar-refractivity contribution in [3.8, 4) is 0 Å². The maximum Gasteiger partial charge on any atom is 0.347 e. The van der Waals surface area contributed by atoms with Crippen molar-refractivity contribution in [1.82, 2.24) is 4.98 Å². The number of carboxylic acid groups (broad SMARTS) is 1. The molecule has 0 aromatic carbocycles. The van der Waals surface area contributed by atoms with Crippen LogP contribution in [-0.4, -0.2) is 21.8 Å². The van der Waals surface area contributed by atoms with Crippen LogP contribution in [0.3, 0.4) is 0 Å². The molecule has 0 saturated heterocycles. The molecular formula is C9H9NO3S. The van der Waals surface area contributed by atoms with Gasteiger partial charge < -0.3 is 5.11 Å². The minimum absolute atomic E-state index is 0.00810. The van der Waals surface area contributed by atoms with E-state index < -0.39 is 5.97 Å². The topological polar surface area (TPSA) is 67.3 Å². The molecule has 0 aliphatic heterocycles. The molecule has 1 heterocycles. The van der Waals surface area contributed by atoms with Crippen LogP contribution in [0, 0.1) is 5.92 Å². The van der Waals surface area contributed by atoms with Crippen molar-refractivity contribution in [2.24, 2.45) is 5.92 Å². The Bertz CT molecular complexity index is 381. The summed E-state index contributed by atoms with van der Waals surface area (Å²) in [5.74, 6) is -0.924. The van der Waals surface area contributed by atoms with Gasteiger partial charge >= 0.3 is 5.97 Å². The molecule has 1 aromatic heterocycles. The van der Waals surface area contributed by atoms with Crippen LogP contribution in [0.15, 0.2) is 6.20 Å². The van der Waals surface area contributed by atoms with Crippen molar-refractivity contribution in [1.29, 1.82) is 0 Å². The number of nitrogens with zero attached hydrogens (tertiary/aromatic N) is 1. The highest BCUT2D eigenvalue weighted by Crippen LogP contribution is 2.30. The van der Waals surface area contributed by atoms with Gasteiger partial charge in [-0.25, -0.2) is 9.78 Å². The van der Waals surface area contributed by atoms with E-state index in [9.17, 15) is 9.59 Å². The van der Waals surface area contributed by atoms with E-state index in [1.54, 1.807) is 0 Å². The number of rotatable bonds is 3. The third kappa shape index (κ3) is 1.55. The molecule has 0 unspecified atom stereocenters. The monoisotopic (exact) mass is 211 g/mol. The lowest BCUT2D eigenvalue weighted by molar-refractivity contribution is 0.0701. The van der Waals surface area contributed by atoms with Gasteiger partial charge in [0.1, 0.15) is 4.88 Å². The molecule has 1 aliphatic rings. The number of Topliss-reactive ketones (excluding diaryl/α,β-unsaturated/α-hetero) is 1. The zero-order valence-corrected chi connectivity index (χ0v) is 8.21. The molecule has 14 heavy (non-hydrogen) atoms. The Hall–Kier alpha value is -1.23. The van der Waals surface area contributed by atoms with Gasteiger partial charge in [0, 0.05) is 5.92 Å². The summed E-state index contributed by atoms with van der Waals surface area (Å²) >= 11 is 0.966. The Kier molecular flexibility index (Phi) is 2.33. The first kappa shape index (κ1) is 9.33. The molecule has 0 atom stereocenters. The van der Waals surface area contributed by atoms with Crippen LogP contribution in [0.5, 0.6) is 0 Å². The number of carboxylic acids is 1. The van der Waals surface area contributed by atoms with Crippen LogP contribution < -0.4 is 0 Å². The predicted molar refractivity (Wildman–Crippen MR) is 50.7 cm³/mol. The normalized spacial score (nSPS) is 16.3. The van der Waals surface area contributed by atoms with Gasteiger partial charge in [0.15, 0.2) is 10.8 Å². The maximum absolute atomic E-state index is 11.6. The number of hydrogen-bond acceptors (Lipinski definition) is 4. The lowest BCUT2D eigenvalue weighted by atomic mass is 9.82. The van der Waals surface area contributed by atoms with Crippen LogP contribution in [0.1, 0.15) is 38.7 Å². The minimum Gasteiger partial charge on any atom is -0.477 e. The van der Waals surface area contributed by atoms with E-state index in [0.29, 0.717) is 5.01 Å². The van der Waals surface area contributed by atoms with E-state index >= 15 is 0 Å². The van der Waals surface area contributed by atoms with Gasteiger partial charge in [0.25, 0.3) is 0 Å². The van der Waals surface area contributed by atoms with Crippen molar-refractivity contribution in [2.45, 2.75) is 19.3 Å². The van der Waals surface area contributed by atoms with E-state index in [0.717, 1.165) is 30.6 Å². The zero-order chi connectivity index (χ0) is 10.1. The molecule has 0 spiro atoms. The largest absolute Gasteiger partial charge is 0.477 e. The summed E-state index contributed by atoms with van der Waals surface area (Å²) in [6.45, 7) is 0. The molecule has 0 amide bonds. The van der Waals surface area contributed by atoms with E-state index in [-0.39, 0.29) is 16.6 Å². The van der Waals surface area contributed by atoms with Gasteiger partial charge in [0.05, 0.1) is 6.20 Å². The van der Waals surface area contributed by atoms with Crippen LogP contribution in [0.25, 0.3) is 0 Å². The van der Waals surface area contributed by atoms with Gasteiger partial charge in [-0.3, -0.25) is 4.79 Å².